The topological polar surface area (TPSA) is 100 Å². The van der Waals surface area contributed by atoms with Gasteiger partial charge in [-0.3, -0.25) is 14.8 Å². The average molecular weight is 411 g/mol. The van der Waals surface area contributed by atoms with Crippen molar-refractivity contribution in [2.24, 2.45) is 0 Å². The van der Waals surface area contributed by atoms with E-state index in [0.717, 1.165) is 18.4 Å². The number of anilines is 1. The molecule has 3 N–H and O–H groups in total. The summed E-state index contributed by atoms with van der Waals surface area (Å²) in [7, 11) is 0. The maximum atomic E-state index is 12.9. The molecule has 2 aliphatic heterocycles. The first kappa shape index (κ1) is 20.2. The van der Waals surface area contributed by atoms with Crippen molar-refractivity contribution < 1.29 is 24.3 Å². The minimum atomic E-state index is -0.665. The third kappa shape index (κ3) is 4.55. The van der Waals surface area contributed by atoms with Crippen LogP contribution in [0.25, 0.3) is 0 Å². The molecule has 2 heterocycles. The summed E-state index contributed by atoms with van der Waals surface area (Å²) >= 11 is 0. The van der Waals surface area contributed by atoms with E-state index in [9.17, 15) is 9.59 Å². The molecule has 0 aliphatic carbocycles. The molecule has 2 aliphatic rings. The Hall–Kier alpha value is -3.10. The molecule has 0 radical (unpaired) electrons. The van der Waals surface area contributed by atoms with Gasteiger partial charge in [-0.15, -0.1) is 0 Å². The maximum absolute atomic E-state index is 12.9. The van der Waals surface area contributed by atoms with Crippen molar-refractivity contribution in [2.75, 3.05) is 24.7 Å². The molecule has 8 nitrogen and oxygen atoms in total. The van der Waals surface area contributed by atoms with Gasteiger partial charge < -0.3 is 19.7 Å². The van der Waals surface area contributed by atoms with Crippen LogP contribution in [-0.4, -0.2) is 48.9 Å². The highest BCUT2D eigenvalue weighted by atomic mass is 16.5. The molecule has 2 aromatic rings. The average Bonchev–Trinajstić information content (AvgIpc) is 2.79. The number of carbonyl (C=O) groups excluding carboxylic acids is 2. The van der Waals surface area contributed by atoms with E-state index in [1.54, 1.807) is 23.7 Å². The fourth-order valence-electron chi connectivity index (χ4n) is 3.79. The molecule has 0 bridgehead atoms. The summed E-state index contributed by atoms with van der Waals surface area (Å²) in [5.41, 5.74) is 3.74. The van der Waals surface area contributed by atoms with E-state index in [1.807, 2.05) is 35.2 Å². The second kappa shape index (κ2) is 9.15. The third-order valence-corrected chi connectivity index (χ3v) is 5.40. The number of ether oxygens (including phenoxy) is 2. The molecule has 0 spiro atoms. The van der Waals surface area contributed by atoms with Crippen LogP contribution in [0.5, 0.6) is 5.75 Å². The molecule has 8 heteroatoms. The molecule has 4 rings (SSSR count). The number of nitrogens with zero attached hydrogens (tertiary/aromatic N) is 1. The van der Waals surface area contributed by atoms with Crippen molar-refractivity contribution in [2.45, 2.75) is 31.5 Å². The molecule has 2 amide bonds. The van der Waals surface area contributed by atoms with Gasteiger partial charge in [-0.2, -0.15) is 0 Å². The lowest BCUT2D eigenvalue weighted by Crippen LogP contribution is -2.52. The van der Waals surface area contributed by atoms with Gasteiger partial charge in [0.1, 0.15) is 5.75 Å². The molecule has 158 valence electrons. The molecular formula is C22H25N3O5. The minimum Gasteiger partial charge on any atom is -0.477 e. The van der Waals surface area contributed by atoms with Crippen LogP contribution in [0.4, 0.5) is 5.69 Å². The van der Waals surface area contributed by atoms with Crippen molar-refractivity contribution in [3.63, 3.8) is 0 Å². The van der Waals surface area contributed by atoms with Crippen molar-refractivity contribution in [3.8, 4) is 5.75 Å². The van der Waals surface area contributed by atoms with Gasteiger partial charge in [0.15, 0.2) is 6.10 Å². The largest absolute Gasteiger partial charge is 0.477 e. The molecule has 1 unspecified atom stereocenters. The van der Waals surface area contributed by atoms with E-state index in [1.165, 1.54) is 0 Å². The van der Waals surface area contributed by atoms with Crippen LogP contribution in [0.1, 0.15) is 28.8 Å². The van der Waals surface area contributed by atoms with Crippen LogP contribution in [-0.2, 0) is 16.1 Å². The van der Waals surface area contributed by atoms with E-state index in [0.29, 0.717) is 43.3 Å². The van der Waals surface area contributed by atoms with Crippen molar-refractivity contribution >= 4 is 17.5 Å². The summed E-state index contributed by atoms with van der Waals surface area (Å²) in [5, 5.41) is 12.0. The zero-order valence-electron chi connectivity index (χ0n) is 16.5. The van der Waals surface area contributed by atoms with Crippen molar-refractivity contribution in [1.82, 2.24) is 10.8 Å². The van der Waals surface area contributed by atoms with Crippen molar-refractivity contribution in [3.05, 3.63) is 59.7 Å². The Labute approximate surface area is 174 Å². The molecule has 30 heavy (non-hydrogen) atoms. The number of hydroxylamine groups is 1. The lowest BCUT2D eigenvalue weighted by atomic mass is 10.1. The first-order chi connectivity index (χ1) is 14.6. The van der Waals surface area contributed by atoms with Crippen LogP contribution in [0, 0.1) is 0 Å². The van der Waals surface area contributed by atoms with E-state index in [4.69, 9.17) is 14.7 Å². The smallest absolute Gasteiger partial charge is 0.274 e. The fraction of sp³-hybridized carbons (Fsp3) is 0.364. The Balaban J connectivity index is 1.57. The number of carbonyl (C=O) groups is 2. The van der Waals surface area contributed by atoms with E-state index in [-0.39, 0.29) is 11.9 Å². The first-order valence-corrected chi connectivity index (χ1v) is 10.1. The Morgan fingerprint density at radius 1 is 1.10 bits per heavy atom. The minimum absolute atomic E-state index is 0.0921. The van der Waals surface area contributed by atoms with Crippen LogP contribution in [0.3, 0.4) is 0 Å². The Kier molecular flexibility index (Phi) is 6.15. The van der Waals surface area contributed by atoms with Gasteiger partial charge >= 0.3 is 0 Å². The highest BCUT2D eigenvalue weighted by molar-refractivity contribution is 5.95. The Morgan fingerprint density at radius 2 is 1.87 bits per heavy atom. The SMILES string of the molecule is O=C(NO)c1ccc2c(c1)N(Cc1ccccc1)CC(C(=O)NC1CCOCC1)O2. The highest BCUT2D eigenvalue weighted by Gasteiger charge is 2.32. The van der Waals surface area contributed by atoms with Gasteiger partial charge in [-0.1, -0.05) is 30.3 Å². The first-order valence-electron chi connectivity index (χ1n) is 10.1. The van der Waals surface area contributed by atoms with Crippen LogP contribution >= 0.6 is 0 Å². The summed E-state index contributed by atoms with van der Waals surface area (Å²) in [6, 6.07) is 14.9. The van der Waals surface area contributed by atoms with Crippen LogP contribution < -0.4 is 20.4 Å². The number of benzene rings is 2. The predicted octanol–water partition coefficient (Wildman–Crippen LogP) is 1.87. The Bertz CT molecular complexity index is 899. The van der Waals surface area contributed by atoms with Gasteiger partial charge in [-0.05, 0) is 36.6 Å². The van der Waals surface area contributed by atoms with Gasteiger partial charge in [0.05, 0.1) is 12.2 Å². The molecule has 1 atom stereocenters. The quantitative estimate of drug-likeness (QED) is 0.513. The standard InChI is InChI=1S/C22H25N3O5/c26-21(24-28)16-6-7-19-18(12-16)25(13-15-4-2-1-3-5-15)14-20(30-19)22(27)23-17-8-10-29-11-9-17/h1-7,12,17,20,28H,8-11,13-14H2,(H,23,27)(H,24,26). The van der Waals surface area contributed by atoms with E-state index in [2.05, 4.69) is 5.32 Å². The zero-order chi connectivity index (χ0) is 20.9. The van der Waals surface area contributed by atoms with Gasteiger partial charge in [0, 0.05) is 31.4 Å². The predicted molar refractivity (Wildman–Crippen MR) is 110 cm³/mol. The molecule has 0 saturated carbocycles. The lowest BCUT2D eigenvalue weighted by molar-refractivity contribution is -0.129. The van der Waals surface area contributed by atoms with Gasteiger partial charge in [0.2, 0.25) is 0 Å². The monoisotopic (exact) mass is 411 g/mol. The van der Waals surface area contributed by atoms with Gasteiger partial charge in [-0.25, -0.2) is 5.48 Å². The summed E-state index contributed by atoms with van der Waals surface area (Å²) in [4.78, 5) is 26.8. The molecule has 0 aromatic heterocycles. The van der Waals surface area contributed by atoms with Crippen molar-refractivity contribution in [1.29, 1.82) is 0 Å². The molecular weight excluding hydrogens is 386 g/mol. The number of amides is 2. The van der Waals surface area contributed by atoms with Gasteiger partial charge in [0.25, 0.3) is 11.8 Å². The third-order valence-electron chi connectivity index (χ3n) is 5.40. The number of nitrogens with one attached hydrogen (secondary N) is 2. The number of hydrogen-bond donors (Lipinski definition) is 3. The molecule has 1 saturated heterocycles. The van der Waals surface area contributed by atoms with E-state index >= 15 is 0 Å². The fourth-order valence-corrected chi connectivity index (χ4v) is 3.79. The van der Waals surface area contributed by atoms with E-state index < -0.39 is 12.0 Å². The second-order valence-corrected chi connectivity index (χ2v) is 7.49. The normalized spacial score (nSPS) is 18.8. The highest BCUT2D eigenvalue weighted by Crippen LogP contribution is 2.35. The summed E-state index contributed by atoms with van der Waals surface area (Å²) < 4.78 is 11.3. The summed E-state index contributed by atoms with van der Waals surface area (Å²) in [5.74, 6) is -0.224. The Morgan fingerprint density at radius 3 is 2.60 bits per heavy atom. The summed E-state index contributed by atoms with van der Waals surface area (Å²) in [6.07, 6.45) is 0.923. The second-order valence-electron chi connectivity index (χ2n) is 7.49. The maximum Gasteiger partial charge on any atom is 0.274 e. The molecule has 2 aromatic carbocycles. The van der Waals surface area contributed by atoms with Crippen LogP contribution in [0.15, 0.2) is 48.5 Å². The number of fused-ring (bicyclic) bond motifs is 1. The van der Waals surface area contributed by atoms with Crippen LogP contribution in [0.2, 0.25) is 0 Å². The number of hydrogen-bond acceptors (Lipinski definition) is 6. The number of rotatable bonds is 5. The summed E-state index contributed by atoms with van der Waals surface area (Å²) in [6.45, 7) is 2.20. The zero-order valence-corrected chi connectivity index (χ0v) is 16.5. The molecule has 1 fully saturated rings. The lowest BCUT2D eigenvalue weighted by Gasteiger charge is -2.36.